The van der Waals surface area contributed by atoms with Gasteiger partial charge in [0.15, 0.2) is 17.3 Å². The molecule has 1 aliphatic heterocycles. The van der Waals surface area contributed by atoms with E-state index in [-0.39, 0.29) is 18.3 Å². The lowest BCUT2D eigenvalue weighted by molar-refractivity contribution is 0.102. The number of nitrogens with zero attached hydrogens (tertiary/aromatic N) is 3. The molecule has 168 valence electrons. The van der Waals surface area contributed by atoms with Crippen molar-refractivity contribution >= 4 is 17.5 Å². The molecule has 32 heavy (non-hydrogen) atoms. The molecule has 2 aromatic heterocycles. The van der Waals surface area contributed by atoms with Gasteiger partial charge in [-0.15, -0.1) is 10.2 Å². The lowest BCUT2D eigenvalue weighted by Crippen LogP contribution is -2.07. The Balaban J connectivity index is 1.24. The fourth-order valence-electron chi connectivity index (χ4n) is 4.55. The first-order valence-electron chi connectivity index (χ1n) is 11.1. The molecule has 0 atom stereocenters. The van der Waals surface area contributed by atoms with E-state index in [1.807, 2.05) is 38.1 Å². The number of thioether (sulfide) groups is 1. The lowest BCUT2D eigenvalue weighted by Gasteiger charge is -2.17. The molecule has 0 amide bonds. The van der Waals surface area contributed by atoms with Crippen molar-refractivity contribution in [2.24, 2.45) is 0 Å². The quantitative estimate of drug-likeness (QED) is 0.355. The molecule has 0 bridgehead atoms. The number of fused-ring (bicyclic) bond motifs is 1. The molecule has 2 aliphatic rings. The number of ether oxygens (including phenoxy) is 2. The van der Waals surface area contributed by atoms with Gasteiger partial charge in [-0.2, -0.15) is 0 Å². The summed E-state index contributed by atoms with van der Waals surface area (Å²) in [7, 11) is 0. The van der Waals surface area contributed by atoms with Crippen LogP contribution in [0.3, 0.4) is 0 Å². The Labute approximate surface area is 191 Å². The van der Waals surface area contributed by atoms with E-state index >= 15 is 0 Å². The molecule has 7 nitrogen and oxygen atoms in total. The van der Waals surface area contributed by atoms with Crippen molar-refractivity contribution in [2.75, 3.05) is 12.5 Å². The van der Waals surface area contributed by atoms with Gasteiger partial charge in [-0.25, -0.2) is 0 Å². The molecular formula is C24H27N3O4S. The fraction of sp³-hybridized carbons (Fsp3) is 0.458. The van der Waals surface area contributed by atoms with E-state index in [0.29, 0.717) is 17.7 Å². The van der Waals surface area contributed by atoms with Crippen LogP contribution in [-0.2, 0) is 6.54 Å². The summed E-state index contributed by atoms with van der Waals surface area (Å²) in [6.07, 6.45) is 5.95. The third-order valence-electron chi connectivity index (χ3n) is 6.35. The third-order valence-corrected chi connectivity index (χ3v) is 7.17. The van der Waals surface area contributed by atoms with Gasteiger partial charge in [-0.3, -0.25) is 4.79 Å². The number of carbonyl (C=O) groups is 1. The van der Waals surface area contributed by atoms with Crippen LogP contribution >= 0.6 is 11.8 Å². The van der Waals surface area contributed by atoms with Gasteiger partial charge in [0.1, 0.15) is 0 Å². The van der Waals surface area contributed by atoms with Crippen LogP contribution in [0.25, 0.3) is 0 Å². The van der Waals surface area contributed by atoms with E-state index < -0.39 is 0 Å². The van der Waals surface area contributed by atoms with E-state index in [0.717, 1.165) is 52.7 Å². The number of aryl methyl sites for hydroxylation is 1. The first-order valence-corrected chi connectivity index (χ1v) is 12.1. The minimum absolute atomic E-state index is 0.0671. The lowest BCUT2D eigenvalue weighted by atomic mass is 9.89. The third kappa shape index (κ3) is 4.28. The average Bonchev–Trinajstić information content (AvgIpc) is 3.54. The number of benzene rings is 1. The van der Waals surface area contributed by atoms with E-state index in [1.165, 1.54) is 31.0 Å². The summed E-state index contributed by atoms with van der Waals surface area (Å²) >= 11 is 1.32. The van der Waals surface area contributed by atoms with Crippen LogP contribution in [0.15, 0.2) is 33.9 Å². The molecule has 3 aromatic rings. The van der Waals surface area contributed by atoms with Gasteiger partial charge in [-0.1, -0.05) is 37.1 Å². The number of ketones is 1. The molecular weight excluding hydrogens is 426 g/mol. The summed E-state index contributed by atoms with van der Waals surface area (Å²) in [5.74, 6) is 2.98. The molecule has 0 unspecified atom stereocenters. The van der Waals surface area contributed by atoms with E-state index in [4.69, 9.17) is 13.9 Å². The SMILES string of the molecule is Cc1cc(C(=O)CSc2nnc(C3CCCCC3)o2)c(C)n1Cc1ccc2c(c1)OCO2. The Morgan fingerprint density at radius 1 is 1.09 bits per heavy atom. The van der Waals surface area contributed by atoms with Crippen molar-refractivity contribution in [1.29, 1.82) is 0 Å². The van der Waals surface area contributed by atoms with Gasteiger partial charge < -0.3 is 18.5 Å². The van der Waals surface area contributed by atoms with Crippen LogP contribution in [0.1, 0.15) is 71.2 Å². The highest BCUT2D eigenvalue weighted by atomic mass is 32.2. The minimum atomic E-state index is 0.0671. The normalized spacial score (nSPS) is 15.9. The van der Waals surface area contributed by atoms with Gasteiger partial charge in [0.25, 0.3) is 5.22 Å². The van der Waals surface area contributed by atoms with Crippen LogP contribution in [0.4, 0.5) is 0 Å². The Morgan fingerprint density at radius 2 is 1.91 bits per heavy atom. The first kappa shape index (κ1) is 21.1. The summed E-state index contributed by atoms with van der Waals surface area (Å²) in [6, 6.07) is 7.92. The zero-order valence-electron chi connectivity index (χ0n) is 18.4. The van der Waals surface area contributed by atoms with Crippen molar-refractivity contribution < 1.29 is 18.7 Å². The molecule has 1 saturated carbocycles. The zero-order valence-corrected chi connectivity index (χ0v) is 19.2. The number of carbonyl (C=O) groups excluding carboxylic acids is 1. The monoisotopic (exact) mass is 453 g/mol. The smallest absolute Gasteiger partial charge is 0.277 e. The highest BCUT2D eigenvalue weighted by Crippen LogP contribution is 2.34. The average molecular weight is 454 g/mol. The number of hydrogen-bond donors (Lipinski definition) is 0. The maximum absolute atomic E-state index is 13.0. The summed E-state index contributed by atoms with van der Waals surface area (Å²) < 4.78 is 18.9. The molecule has 0 spiro atoms. The fourth-order valence-corrected chi connectivity index (χ4v) is 5.20. The van der Waals surface area contributed by atoms with Crippen molar-refractivity contribution in [3.05, 3.63) is 52.7 Å². The van der Waals surface area contributed by atoms with Gasteiger partial charge in [0, 0.05) is 29.4 Å². The minimum Gasteiger partial charge on any atom is -0.454 e. The van der Waals surface area contributed by atoms with Crippen LogP contribution in [0.2, 0.25) is 0 Å². The van der Waals surface area contributed by atoms with Crippen LogP contribution in [-0.4, -0.2) is 33.1 Å². The summed E-state index contributed by atoms with van der Waals surface area (Å²) in [6.45, 7) is 4.95. The molecule has 5 rings (SSSR count). The maximum atomic E-state index is 13.0. The molecule has 0 saturated heterocycles. The Hall–Kier alpha value is -2.74. The van der Waals surface area contributed by atoms with Gasteiger partial charge in [0.2, 0.25) is 12.7 Å². The van der Waals surface area contributed by atoms with E-state index in [1.54, 1.807) is 0 Å². The van der Waals surface area contributed by atoms with Crippen molar-refractivity contribution in [1.82, 2.24) is 14.8 Å². The highest BCUT2D eigenvalue weighted by Gasteiger charge is 2.23. The Kier molecular flexibility index (Phi) is 5.95. The van der Waals surface area contributed by atoms with Crippen LogP contribution < -0.4 is 9.47 Å². The molecule has 1 aliphatic carbocycles. The maximum Gasteiger partial charge on any atom is 0.277 e. The summed E-state index contributed by atoms with van der Waals surface area (Å²) in [5, 5.41) is 8.86. The largest absolute Gasteiger partial charge is 0.454 e. The van der Waals surface area contributed by atoms with Crippen molar-refractivity contribution in [3.63, 3.8) is 0 Å². The molecule has 0 radical (unpaired) electrons. The predicted octanol–water partition coefficient (Wildman–Crippen LogP) is 5.29. The highest BCUT2D eigenvalue weighted by molar-refractivity contribution is 7.99. The second-order valence-corrected chi connectivity index (χ2v) is 9.44. The van der Waals surface area contributed by atoms with Gasteiger partial charge in [0.05, 0.1) is 5.75 Å². The Bertz CT molecular complexity index is 1130. The molecule has 3 heterocycles. The number of Topliss-reactive ketones (excluding diaryl/α,β-unsaturated/α-hetero) is 1. The number of aromatic nitrogens is 3. The standard InChI is InChI=1S/C24H27N3O4S/c1-15-10-19(16(2)27(15)12-17-8-9-21-22(11-17)30-14-29-21)20(28)13-32-24-26-25-23(31-24)18-6-4-3-5-7-18/h8-11,18H,3-7,12-14H2,1-2H3. The number of hydrogen-bond acceptors (Lipinski definition) is 7. The molecule has 8 heteroatoms. The van der Waals surface area contributed by atoms with Crippen molar-refractivity contribution in [2.45, 2.75) is 63.6 Å². The second-order valence-electron chi connectivity index (χ2n) is 8.51. The van der Waals surface area contributed by atoms with Gasteiger partial charge in [-0.05, 0) is 50.5 Å². The van der Waals surface area contributed by atoms with Crippen molar-refractivity contribution in [3.8, 4) is 11.5 Å². The number of rotatable bonds is 7. The zero-order chi connectivity index (χ0) is 22.1. The Morgan fingerprint density at radius 3 is 2.75 bits per heavy atom. The first-order chi connectivity index (χ1) is 15.6. The van der Waals surface area contributed by atoms with Gasteiger partial charge >= 0.3 is 0 Å². The predicted molar refractivity (Wildman–Crippen MR) is 121 cm³/mol. The summed E-state index contributed by atoms with van der Waals surface area (Å²) in [5.41, 5.74) is 3.85. The summed E-state index contributed by atoms with van der Waals surface area (Å²) in [4.78, 5) is 13.0. The topological polar surface area (TPSA) is 79.4 Å². The van der Waals surface area contributed by atoms with Crippen LogP contribution in [0.5, 0.6) is 11.5 Å². The molecule has 0 N–H and O–H groups in total. The van der Waals surface area contributed by atoms with E-state index in [9.17, 15) is 4.79 Å². The van der Waals surface area contributed by atoms with E-state index in [2.05, 4.69) is 14.8 Å². The molecule has 1 fully saturated rings. The molecule has 1 aromatic carbocycles. The van der Waals surface area contributed by atoms with Crippen LogP contribution in [0, 0.1) is 13.8 Å². The second kappa shape index (κ2) is 9.02.